The Hall–Kier alpha value is -0.780. The average molecular weight is 295 g/mol. The molecule has 1 aliphatic rings. The Balaban J connectivity index is 0.00000144. The standard InChI is InChI=1S/C11H18N4O.2ClH/c12-11(4-2-1-3-5-11)10(16)15-8-9-13-6-7-14-9;;/h6-7H,1-5,8,12H2,(H,13,14)(H,15,16);2*1H. The Morgan fingerprint density at radius 1 is 1.39 bits per heavy atom. The molecule has 4 N–H and O–H groups in total. The molecule has 0 saturated heterocycles. The predicted octanol–water partition coefficient (Wildman–Crippen LogP) is 1.53. The molecule has 1 aromatic rings. The zero-order chi connectivity index (χ0) is 11.4. The number of aromatic amines is 1. The van der Waals surface area contributed by atoms with Crippen LogP contribution in [0.4, 0.5) is 0 Å². The van der Waals surface area contributed by atoms with Gasteiger partial charge in [-0.15, -0.1) is 24.8 Å². The van der Waals surface area contributed by atoms with E-state index in [4.69, 9.17) is 5.73 Å². The quantitative estimate of drug-likeness (QED) is 0.790. The van der Waals surface area contributed by atoms with E-state index in [-0.39, 0.29) is 30.7 Å². The van der Waals surface area contributed by atoms with Gasteiger partial charge in [-0.25, -0.2) is 4.98 Å². The zero-order valence-corrected chi connectivity index (χ0v) is 11.8. The summed E-state index contributed by atoms with van der Waals surface area (Å²) >= 11 is 0. The van der Waals surface area contributed by atoms with Gasteiger partial charge in [0.15, 0.2) is 0 Å². The number of imidazole rings is 1. The maximum Gasteiger partial charge on any atom is 0.240 e. The molecule has 1 aromatic heterocycles. The van der Waals surface area contributed by atoms with Crippen LogP contribution in [0.2, 0.25) is 0 Å². The van der Waals surface area contributed by atoms with Crippen molar-refractivity contribution in [2.24, 2.45) is 5.73 Å². The van der Waals surface area contributed by atoms with Crippen molar-refractivity contribution in [2.45, 2.75) is 44.2 Å². The van der Waals surface area contributed by atoms with Crippen LogP contribution < -0.4 is 11.1 Å². The van der Waals surface area contributed by atoms with Crippen LogP contribution in [-0.2, 0) is 11.3 Å². The highest BCUT2D eigenvalue weighted by molar-refractivity contribution is 5.86. The van der Waals surface area contributed by atoms with Gasteiger partial charge in [-0.2, -0.15) is 0 Å². The molecule has 0 atom stereocenters. The molecule has 0 spiro atoms. The van der Waals surface area contributed by atoms with Crippen molar-refractivity contribution in [3.05, 3.63) is 18.2 Å². The highest BCUT2D eigenvalue weighted by atomic mass is 35.5. The Labute approximate surface area is 119 Å². The molecule has 0 aliphatic heterocycles. The van der Waals surface area contributed by atoms with Gasteiger partial charge in [-0.1, -0.05) is 19.3 Å². The van der Waals surface area contributed by atoms with Gasteiger partial charge in [-0.05, 0) is 12.8 Å². The van der Waals surface area contributed by atoms with Crippen molar-refractivity contribution >= 4 is 30.7 Å². The minimum Gasteiger partial charge on any atom is -0.347 e. The van der Waals surface area contributed by atoms with Crippen LogP contribution in [0.25, 0.3) is 0 Å². The minimum atomic E-state index is -0.662. The SMILES string of the molecule is Cl.Cl.NC1(C(=O)NCc2ncc[nH]2)CCCCC1. The van der Waals surface area contributed by atoms with Crippen LogP contribution in [0.5, 0.6) is 0 Å². The average Bonchev–Trinajstić information content (AvgIpc) is 2.79. The van der Waals surface area contributed by atoms with E-state index in [0.717, 1.165) is 31.5 Å². The number of rotatable bonds is 3. The summed E-state index contributed by atoms with van der Waals surface area (Å²) in [5, 5.41) is 2.84. The van der Waals surface area contributed by atoms with Gasteiger partial charge in [-0.3, -0.25) is 4.79 Å². The molecule has 1 amide bonds. The smallest absolute Gasteiger partial charge is 0.240 e. The lowest BCUT2D eigenvalue weighted by atomic mass is 9.82. The topological polar surface area (TPSA) is 83.8 Å². The Morgan fingerprint density at radius 2 is 2.06 bits per heavy atom. The molecule has 0 aromatic carbocycles. The monoisotopic (exact) mass is 294 g/mol. The first-order valence-corrected chi connectivity index (χ1v) is 5.76. The first kappa shape index (κ1) is 17.2. The van der Waals surface area contributed by atoms with Gasteiger partial charge in [0.05, 0.1) is 12.1 Å². The van der Waals surface area contributed by atoms with Crippen molar-refractivity contribution in [1.82, 2.24) is 15.3 Å². The normalized spacial score (nSPS) is 17.2. The maximum atomic E-state index is 11.9. The van der Waals surface area contributed by atoms with E-state index in [0.29, 0.717) is 6.54 Å². The number of carbonyl (C=O) groups is 1. The molecule has 18 heavy (non-hydrogen) atoms. The summed E-state index contributed by atoms with van der Waals surface area (Å²) in [6.45, 7) is 0.421. The highest BCUT2D eigenvalue weighted by Gasteiger charge is 2.34. The van der Waals surface area contributed by atoms with E-state index >= 15 is 0 Å². The fraction of sp³-hybridized carbons (Fsp3) is 0.636. The maximum absolute atomic E-state index is 11.9. The van der Waals surface area contributed by atoms with Crippen LogP contribution in [0.15, 0.2) is 12.4 Å². The summed E-state index contributed by atoms with van der Waals surface area (Å²) in [6.07, 6.45) is 8.26. The summed E-state index contributed by atoms with van der Waals surface area (Å²) in [7, 11) is 0. The van der Waals surface area contributed by atoms with Crippen LogP contribution in [-0.4, -0.2) is 21.4 Å². The van der Waals surface area contributed by atoms with E-state index in [1.54, 1.807) is 12.4 Å². The van der Waals surface area contributed by atoms with Gasteiger partial charge in [0.1, 0.15) is 5.82 Å². The summed E-state index contributed by atoms with van der Waals surface area (Å²) in [5.74, 6) is 0.705. The molecule has 0 bridgehead atoms. The van der Waals surface area contributed by atoms with Crippen LogP contribution in [0.3, 0.4) is 0 Å². The lowest BCUT2D eigenvalue weighted by Gasteiger charge is -2.31. The van der Waals surface area contributed by atoms with E-state index in [1.807, 2.05) is 0 Å². The van der Waals surface area contributed by atoms with E-state index < -0.39 is 5.54 Å². The minimum absolute atomic E-state index is 0. The molecular weight excluding hydrogens is 275 g/mol. The molecule has 1 aliphatic carbocycles. The lowest BCUT2D eigenvalue weighted by molar-refractivity contribution is -0.127. The molecular formula is C11H20Cl2N4O. The largest absolute Gasteiger partial charge is 0.347 e. The van der Waals surface area contributed by atoms with E-state index in [1.165, 1.54) is 6.42 Å². The van der Waals surface area contributed by atoms with Crippen molar-refractivity contribution < 1.29 is 4.79 Å². The number of aromatic nitrogens is 2. The van der Waals surface area contributed by atoms with Crippen molar-refractivity contribution in [3.8, 4) is 0 Å². The third-order valence-electron chi connectivity index (χ3n) is 3.17. The number of carbonyl (C=O) groups excluding carboxylic acids is 1. The fourth-order valence-electron chi connectivity index (χ4n) is 2.14. The molecule has 1 fully saturated rings. The molecule has 1 heterocycles. The Morgan fingerprint density at radius 3 is 2.61 bits per heavy atom. The molecule has 104 valence electrons. The Kier molecular flexibility index (Phi) is 7.28. The molecule has 0 unspecified atom stereocenters. The Bertz CT molecular complexity index is 350. The number of nitrogens with two attached hydrogens (primary N) is 1. The molecule has 5 nitrogen and oxygen atoms in total. The van der Waals surface area contributed by atoms with Gasteiger partial charge in [0.25, 0.3) is 0 Å². The fourth-order valence-corrected chi connectivity index (χ4v) is 2.14. The number of halogens is 2. The highest BCUT2D eigenvalue weighted by Crippen LogP contribution is 2.25. The number of hydrogen-bond donors (Lipinski definition) is 3. The summed E-state index contributed by atoms with van der Waals surface area (Å²) in [4.78, 5) is 18.9. The number of amides is 1. The van der Waals surface area contributed by atoms with E-state index in [2.05, 4.69) is 15.3 Å². The number of H-pyrrole nitrogens is 1. The van der Waals surface area contributed by atoms with Gasteiger partial charge >= 0.3 is 0 Å². The summed E-state index contributed by atoms with van der Waals surface area (Å²) in [6, 6.07) is 0. The van der Waals surface area contributed by atoms with Gasteiger partial charge < -0.3 is 16.0 Å². The number of hydrogen-bond acceptors (Lipinski definition) is 3. The van der Waals surface area contributed by atoms with E-state index in [9.17, 15) is 4.79 Å². The molecule has 1 saturated carbocycles. The lowest BCUT2D eigenvalue weighted by Crippen LogP contribution is -2.54. The van der Waals surface area contributed by atoms with Gasteiger partial charge in [0.2, 0.25) is 5.91 Å². The molecule has 7 heteroatoms. The molecule has 0 radical (unpaired) electrons. The first-order valence-electron chi connectivity index (χ1n) is 5.76. The van der Waals surface area contributed by atoms with Crippen LogP contribution in [0, 0.1) is 0 Å². The summed E-state index contributed by atoms with van der Waals surface area (Å²) < 4.78 is 0. The van der Waals surface area contributed by atoms with Crippen molar-refractivity contribution in [1.29, 1.82) is 0 Å². The summed E-state index contributed by atoms with van der Waals surface area (Å²) in [5.41, 5.74) is 5.44. The second-order valence-corrected chi connectivity index (χ2v) is 4.44. The third-order valence-corrected chi connectivity index (χ3v) is 3.17. The number of nitrogens with zero attached hydrogens (tertiary/aromatic N) is 1. The van der Waals surface area contributed by atoms with Crippen LogP contribution in [0.1, 0.15) is 37.9 Å². The van der Waals surface area contributed by atoms with Crippen molar-refractivity contribution in [2.75, 3.05) is 0 Å². The number of nitrogens with one attached hydrogen (secondary N) is 2. The zero-order valence-electron chi connectivity index (χ0n) is 10.1. The second kappa shape index (κ2) is 7.61. The predicted molar refractivity (Wildman–Crippen MR) is 74.9 cm³/mol. The molecule has 2 rings (SSSR count). The third kappa shape index (κ3) is 4.15. The van der Waals surface area contributed by atoms with Crippen molar-refractivity contribution in [3.63, 3.8) is 0 Å². The first-order chi connectivity index (χ1) is 7.71. The van der Waals surface area contributed by atoms with Crippen LogP contribution >= 0.6 is 24.8 Å². The van der Waals surface area contributed by atoms with Gasteiger partial charge in [0, 0.05) is 12.4 Å². The second-order valence-electron chi connectivity index (χ2n) is 4.44.